The van der Waals surface area contributed by atoms with Crippen LogP contribution < -0.4 is 11.3 Å². The van der Waals surface area contributed by atoms with Crippen LogP contribution in [0.25, 0.3) is 0 Å². The molecule has 0 aliphatic heterocycles. The number of nitrogens with one attached hydrogen (secondary N) is 1. The molecule has 0 aromatic rings. The molecule has 0 aromatic heterocycles. The zero-order chi connectivity index (χ0) is 11.1. The Bertz CT molecular complexity index is 173. The van der Waals surface area contributed by atoms with Gasteiger partial charge in [0.25, 0.3) is 0 Å². The van der Waals surface area contributed by atoms with E-state index >= 15 is 0 Å². The summed E-state index contributed by atoms with van der Waals surface area (Å²) in [5.41, 5.74) is 2.17. The molecule has 0 aliphatic rings. The highest BCUT2D eigenvalue weighted by Gasteiger charge is 2.19. The van der Waals surface area contributed by atoms with Crippen molar-refractivity contribution in [3.05, 3.63) is 0 Å². The molecule has 0 fully saturated rings. The SMILES string of the molecule is CCC(C)N(CC)C(C)CC(=O)NN. The summed E-state index contributed by atoms with van der Waals surface area (Å²) in [7, 11) is 0. The molecule has 0 bridgehead atoms. The van der Waals surface area contributed by atoms with E-state index in [-0.39, 0.29) is 11.9 Å². The normalized spacial score (nSPS) is 15.3. The smallest absolute Gasteiger partial charge is 0.235 e. The lowest BCUT2D eigenvalue weighted by Gasteiger charge is -2.32. The van der Waals surface area contributed by atoms with Gasteiger partial charge in [-0.2, -0.15) is 0 Å². The minimum absolute atomic E-state index is 0.0979. The standard InChI is InChI=1S/C10H23N3O/c1-5-8(3)13(6-2)9(4)7-10(14)12-11/h8-9H,5-7,11H2,1-4H3,(H,12,14). The number of carbonyl (C=O) groups excluding carboxylic acids is 1. The van der Waals surface area contributed by atoms with E-state index in [4.69, 9.17) is 5.84 Å². The van der Waals surface area contributed by atoms with Crippen LogP contribution in [-0.2, 0) is 4.79 Å². The first kappa shape index (κ1) is 13.4. The van der Waals surface area contributed by atoms with E-state index < -0.39 is 0 Å². The molecule has 2 atom stereocenters. The van der Waals surface area contributed by atoms with Crippen LogP contribution in [0.5, 0.6) is 0 Å². The Hall–Kier alpha value is -0.610. The Balaban J connectivity index is 4.16. The maximum atomic E-state index is 11.1. The molecule has 2 unspecified atom stereocenters. The topological polar surface area (TPSA) is 58.4 Å². The Morgan fingerprint density at radius 3 is 2.29 bits per heavy atom. The molecule has 0 aromatic carbocycles. The van der Waals surface area contributed by atoms with Crippen molar-refractivity contribution >= 4 is 5.91 Å². The molecular formula is C10H23N3O. The maximum absolute atomic E-state index is 11.1. The van der Waals surface area contributed by atoms with Crippen LogP contribution in [0.3, 0.4) is 0 Å². The average Bonchev–Trinajstić information content (AvgIpc) is 2.18. The summed E-state index contributed by atoms with van der Waals surface area (Å²) in [6.07, 6.45) is 1.57. The number of hydrogen-bond acceptors (Lipinski definition) is 3. The largest absolute Gasteiger partial charge is 0.298 e. The second kappa shape index (κ2) is 6.79. The van der Waals surface area contributed by atoms with Gasteiger partial charge in [-0.3, -0.25) is 15.1 Å². The summed E-state index contributed by atoms with van der Waals surface area (Å²) < 4.78 is 0. The van der Waals surface area contributed by atoms with Gasteiger partial charge in [0.1, 0.15) is 0 Å². The lowest BCUT2D eigenvalue weighted by atomic mass is 10.1. The number of nitrogens with zero attached hydrogens (tertiary/aromatic N) is 1. The maximum Gasteiger partial charge on any atom is 0.235 e. The van der Waals surface area contributed by atoms with Gasteiger partial charge in [0.2, 0.25) is 5.91 Å². The van der Waals surface area contributed by atoms with E-state index in [1.165, 1.54) is 0 Å². The third-order valence-electron chi connectivity index (χ3n) is 2.73. The second-order valence-electron chi connectivity index (χ2n) is 3.71. The summed E-state index contributed by atoms with van der Waals surface area (Å²) in [6.45, 7) is 9.48. The summed E-state index contributed by atoms with van der Waals surface area (Å²) in [5.74, 6) is 4.95. The highest BCUT2D eigenvalue weighted by Crippen LogP contribution is 2.10. The fourth-order valence-electron chi connectivity index (χ4n) is 1.74. The van der Waals surface area contributed by atoms with Crippen molar-refractivity contribution in [2.75, 3.05) is 6.54 Å². The molecule has 1 amide bonds. The lowest BCUT2D eigenvalue weighted by molar-refractivity contribution is -0.122. The predicted molar refractivity (Wildman–Crippen MR) is 58.5 cm³/mol. The molecule has 0 heterocycles. The van der Waals surface area contributed by atoms with Crippen LogP contribution in [0.15, 0.2) is 0 Å². The van der Waals surface area contributed by atoms with Gasteiger partial charge in [-0.1, -0.05) is 13.8 Å². The summed E-state index contributed by atoms with van der Waals surface area (Å²) in [5, 5.41) is 0. The molecule has 0 saturated heterocycles. The van der Waals surface area contributed by atoms with Gasteiger partial charge in [0, 0.05) is 18.5 Å². The fraction of sp³-hybridized carbons (Fsp3) is 0.900. The number of carbonyl (C=O) groups is 1. The monoisotopic (exact) mass is 201 g/mol. The van der Waals surface area contributed by atoms with Gasteiger partial charge in [-0.15, -0.1) is 0 Å². The van der Waals surface area contributed by atoms with Crippen LogP contribution >= 0.6 is 0 Å². The van der Waals surface area contributed by atoms with Crippen molar-refractivity contribution in [3.63, 3.8) is 0 Å². The number of hydrogen-bond donors (Lipinski definition) is 2. The van der Waals surface area contributed by atoms with Gasteiger partial charge in [0.05, 0.1) is 0 Å². The number of hydrazine groups is 1. The Morgan fingerprint density at radius 2 is 1.93 bits per heavy atom. The first-order chi connectivity index (χ1) is 6.56. The lowest BCUT2D eigenvalue weighted by Crippen LogP contribution is -2.43. The predicted octanol–water partition coefficient (Wildman–Crippen LogP) is 0.875. The Kier molecular flexibility index (Phi) is 6.49. The van der Waals surface area contributed by atoms with Crippen molar-refractivity contribution in [3.8, 4) is 0 Å². The van der Waals surface area contributed by atoms with E-state index in [0.29, 0.717) is 12.5 Å². The van der Waals surface area contributed by atoms with Gasteiger partial charge in [-0.25, -0.2) is 5.84 Å². The molecular weight excluding hydrogens is 178 g/mol. The average molecular weight is 201 g/mol. The minimum Gasteiger partial charge on any atom is -0.298 e. The van der Waals surface area contributed by atoms with Crippen LogP contribution in [0.4, 0.5) is 0 Å². The van der Waals surface area contributed by atoms with E-state index in [2.05, 4.69) is 38.0 Å². The van der Waals surface area contributed by atoms with Crippen LogP contribution in [0.1, 0.15) is 40.5 Å². The fourth-order valence-corrected chi connectivity index (χ4v) is 1.74. The summed E-state index contributed by atoms with van der Waals surface area (Å²) >= 11 is 0. The van der Waals surface area contributed by atoms with Crippen molar-refractivity contribution in [2.45, 2.75) is 52.6 Å². The quantitative estimate of drug-likeness (QED) is 0.381. The third kappa shape index (κ3) is 4.07. The van der Waals surface area contributed by atoms with Gasteiger partial charge < -0.3 is 0 Å². The third-order valence-corrected chi connectivity index (χ3v) is 2.73. The number of rotatable bonds is 6. The molecule has 14 heavy (non-hydrogen) atoms. The molecule has 84 valence electrons. The number of nitrogens with two attached hydrogens (primary N) is 1. The highest BCUT2D eigenvalue weighted by atomic mass is 16.2. The summed E-state index contributed by atoms with van der Waals surface area (Å²) in [6, 6.07) is 0.763. The van der Waals surface area contributed by atoms with Crippen molar-refractivity contribution in [1.29, 1.82) is 0 Å². The van der Waals surface area contributed by atoms with Crippen molar-refractivity contribution < 1.29 is 4.79 Å². The first-order valence-corrected chi connectivity index (χ1v) is 5.31. The van der Waals surface area contributed by atoms with Crippen molar-refractivity contribution in [1.82, 2.24) is 10.3 Å². The van der Waals surface area contributed by atoms with E-state index in [9.17, 15) is 4.79 Å². The van der Waals surface area contributed by atoms with Crippen LogP contribution in [0, 0.1) is 0 Å². The van der Waals surface area contributed by atoms with E-state index in [0.717, 1.165) is 13.0 Å². The van der Waals surface area contributed by atoms with Gasteiger partial charge in [-0.05, 0) is 26.8 Å². The molecule has 4 heteroatoms. The first-order valence-electron chi connectivity index (χ1n) is 5.31. The molecule has 0 rings (SSSR count). The van der Waals surface area contributed by atoms with Gasteiger partial charge in [0.15, 0.2) is 0 Å². The Morgan fingerprint density at radius 1 is 1.36 bits per heavy atom. The summed E-state index contributed by atoms with van der Waals surface area (Å²) in [4.78, 5) is 13.4. The Labute approximate surface area is 86.8 Å². The molecule has 0 saturated carbocycles. The second-order valence-corrected chi connectivity index (χ2v) is 3.71. The minimum atomic E-state index is -0.0979. The molecule has 0 aliphatic carbocycles. The van der Waals surface area contributed by atoms with E-state index in [1.807, 2.05) is 0 Å². The van der Waals surface area contributed by atoms with Gasteiger partial charge >= 0.3 is 0 Å². The van der Waals surface area contributed by atoms with Crippen molar-refractivity contribution in [2.24, 2.45) is 5.84 Å². The van der Waals surface area contributed by atoms with E-state index in [1.54, 1.807) is 0 Å². The van der Waals surface area contributed by atoms with Crippen LogP contribution in [-0.4, -0.2) is 29.4 Å². The zero-order valence-electron chi connectivity index (χ0n) is 9.71. The molecule has 0 spiro atoms. The number of amides is 1. The molecule has 4 nitrogen and oxygen atoms in total. The highest BCUT2D eigenvalue weighted by molar-refractivity contribution is 5.75. The molecule has 3 N–H and O–H groups in total. The molecule has 0 radical (unpaired) electrons. The zero-order valence-corrected chi connectivity index (χ0v) is 9.71. The van der Waals surface area contributed by atoms with Crippen LogP contribution in [0.2, 0.25) is 0 Å².